The van der Waals surface area contributed by atoms with Gasteiger partial charge < -0.3 is 5.32 Å². The van der Waals surface area contributed by atoms with E-state index in [1.165, 1.54) is 30.4 Å². The van der Waals surface area contributed by atoms with E-state index in [1.54, 1.807) is 0 Å². The van der Waals surface area contributed by atoms with Crippen molar-refractivity contribution < 1.29 is 0 Å². The average molecular weight is 217 g/mol. The third-order valence-corrected chi connectivity index (χ3v) is 3.72. The van der Waals surface area contributed by atoms with Crippen molar-refractivity contribution in [3.63, 3.8) is 0 Å². The maximum atomic E-state index is 3.75. The Kier molecular flexibility index (Phi) is 3.65. The normalized spacial score (nSPS) is 26.9. The molecule has 0 heterocycles. The smallest absolute Gasteiger partial charge is 0.0294 e. The zero-order chi connectivity index (χ0) is 11.5. The van der Waals surface area contributed by atoms with Gasteiger partial charge in [0.15, 0.2) is 0 Å². The van der Waals surface area contributed by atoms with Crippen molar-refractivity contribution in [2.75, 3.05) is 0 Å². The Morgan fingerprint density at radius 1 is 1.31 bits per heavy atom. The first kappa shape index (κ1) is 11.7. The molecule has 1 N–H and O–H groups in total. The molecule has 0 amide bonds. The lowest BCUT2D eigenvalue weighted by Gasteiger charge is -2.20. The SMILES string of the molecule is Cc1cccc([C@@H](C)NC2CCC(C)C2)c1. The molecule has 1 aliphatic carbocycles. The summed E-state index contributed by atoms with van der Waals surface area (Å²) in [7, 11) is 0. The molecule has 0 aliphatic heterocycles. The molecule has 0 radical (unpaired) electrons. The van der Waals surface area contributed by atoms with Gasteiger partial charge in [-0.3, -0.25) is 0 Å². The standard InChI is InChI=1S/C15H23N/c1-11-5-4-6-14(9-11)13(3)16-15-8-7-12(2)10-15/h4-6,9,12-13,15-16H,7-8,10H2,1-3H3/t12?,13-,15?/m1/s1. The second-order valence-corrected chi connectivity index (χ2v) is 5.42. The van der Waals surface area contributed by atoms with Crippen molar-refractivity contribution in [3.05, 3.63) is 35.4 Å². The Hall–Kier alpha value is -0.820. The van der Waals surface area contributed by atoms with Gasteiger partial charge in [-0.2, -0.15) is 0 Å². The summed E-state index contributed by atoms with van der Waals surface area (Å²) in [5, 5.41) is 3.75. The number of rotatable bonds is 3. The van der Waals surface area contributed by atoms with Gasteiger partial charge in [-0.05, 0) is 44.6 Å². The van der Waals surface area contributed by atoms with Gasteiger partial charge in [0.2, 0.25) is 0 Å². The van der Waals surface area contributed by atoms with Gasteiger partial charge in [0.25, 0.3) is 0 Å². The summed E-state index contributed by atoms with van der Waals surface area (Å²) >= 11 is 0. The van der Waals surface area contributed by atoms with Crippen LogP contribution in [0.2, 0.25) is 0 Å². The minimum Gasteiger partial charge on any atom is -0.307 e. The van der Waals surface area contributed by atoms with E-state index >= 15 is 0 Å². The molecule has 2 unspecified atom stereocenters. The van der Waals surface area contributed by atoms with E-state index < -0.39 is 0 Å². The molecule has 1 aromatic carbocycles. The molecule has 1 fully saturated rings. The number of aryl methyl sites for hydroxylation is 1. The van der Waals surface area contributed by atoms with Crippen LogP contribution in [-0.2, 0) is 0 Å². The van der Waals surface area contributed by atoms with E-state index in [9.17, 15) is 0 Å². The zero-order valence-corrected chi connectivity index (χ0v) is 10.7. The quantitative estimate of drug-likeness (QED) is 0.811. The van der Waals surface area contributed by atoms with Gasteiger partial charge >= 0.3 is 0 Å². The van der Waals surface area contributed by atoms with Crippen LogP contribution in [0.25, 0.3) is 0 Å². The lowest BCUT2D eigenvalue weighted by Crippen LogP contribution is -2.29. The predicted molar refractivity (Wildman–Crippen MR) is 69.5 cm³/mol. The van der Waals surface area contributed by atoms with Crippen LogP contribution in [0.15, 0.2) is 24.3 Å². The topological polar surface area (TPSA) is 12.0 Å². The molecule has 0 bridgehead atoms. The van der Waals surface area contributed by atoms with Gasteiger partial charge in [-0.25, -0.2) is 0 Å². The second kappa shape index (κ2) is 5.01. The van der Waals surface area contributed by atoms with Crippen LogP contribution in [0.5, 0.6) is 0 Å². The minimum absolute atomic E-state index is 0.482. The van der Waals surface area contributed by atoms with E-state index in [0.29, 0.717) is 6.04 Å². The highest BCUT2D eigenvalue weighted by atomic mass is 14.9. The molecule has 3 atom stereocenters. The Balaban J connectivity index is 1.95. The number of hydrogen-bond acceptors (Lipinski definition) is 1. The summed E-state index contributed by atoms with van der Waals surface area (Å²) in [5.74, 6) is 0.905. The first-order chi connectivity index (χ1) is 7.65. The summed E-state index contributed by atoms with van der Waals surface area (Å²) in [6.45, 7) is 6.80. The zero-order valence-electron chi connectivity index (χ0n) is 10.7. The Morgan fingerprint density at radius 3 is 2.75 bits per heavy atom. The van der Waals surface area contributed by atoms with Crippen LogP contribution in [0, 0.1) is 12.8 Å². The maximum absolute atomic E-state index is 3.75. The molecule has 1 saturated carbocycles. The fourth-order valence-corrected chi connectivity index (χ4v) is 2.75. The fraction of sp³-hybridized carbons (Fsp3) is 0.600. The molecule has 1 aliphatic rings. The highest BCUT2D eigenvalue weighted by molar-refractivity contribution is 5.24. The molecule has 88 valence electrons. The number of benzene rings is 1. The lowest BCUT2D eigenvalue weighted by molar-refractivity contribution is 0.449. The lowest BCUT2D eigenvalue weighted by atomic mass is 10.0. The fourth-order valence-electron chi connectivity index (χ4n) is 2.75. The molecule has 1 heteroatoms. The van der Waals surface area contributed by atoms with Gasteiger partial charge in [-0.1, -0.05) is 36.8 Å². The molecule has 16 heavy (non-hydrogen) atoms. The Labute approximate surface area is 99.3 Å². The van der Waals surface area contributed by atoms with Crippen LogP contribution >= 0.6 is 0 Å². The van der Waals surface area contributed by atoms with Crippen LogP contribution < -0.4 is 5.32 Å². The van der Waals surface area contributed by atoms with Crippen molar-refractivity contribution in [3.8, 4) is 0 Å². The molecule has 1 aromatic rings. The predicted octanol–water partition coefficient (Wildman–Crippen LogP) is 3.83. The number of nitrogens with one attached hydrogen (secondary N) is 1. The number of hydrogen-bond donors (Lipinski definition) is 1. The van der Waals surface area contributed by atoms with Crippen LogP contribution in [-0.4, -0.2) is 6.04 Å². The monoisotopic (exact) mass is 217 g/mol. The first-order valence-corrected chi connectivity index (χ1v) is 6.48. The third kappa shape index (κ3) is 2.85. The van der Waals surface area contributed by atoms with Crippen LogP contribution in [0.3, 0.4) is 0 Å². The van der Waals surface area contributed by atoms with E-state index in [0.717, 1.165) is 12.0 Å². The van der Waals surface area contributed by atoms with Gasteiger partial charge in [-0.15, -0.1) is 0 Å². The van der Waals surface area contributed by atoms with E-state index in [1.807, 2.05) is 0 Å². The minimum atomic E-state index is 0.482. The molecule has 2 rings (SSSR count). The molecule has 0 saturated heterocycles. The summed E-state index contributed by atoms with van der Waals surface area (Å²) in [5.41, 5.74) is 2.77. The summed E-state index contributed by atoms with van der Waals surface area (Å²) in [4.78, 5) is 0. The van der Waals surface area contributed by atoms with Crippen molar-refractivity contribution in [1.82, 2.24) is 5.32 Å². The largest absolute Gasteiger partial charge is 0.307 e. The Bertz CT molecular complexity index is 345. The average Bonchev–Trinajstić information content (AvgIpc) is 2.64. The highest BCUT2D eigenvalue weighted by Gasteiger charge is 2.22. The molecule has 0 aromatic heterocycles. The van der Waals surface area contributed by atoms with E-state index in [2.05, 4.69) is 50.4 Å². The molecular formula is C15H23N. The van der Waals surface area contributed by atoms with E-state index in [4.69, 9.17) is 0 Å². The van der Waals surface area contributed by atoms with Crippen LogP contribution in [0.4, 0.5) is 0 Å². The second-order valence-electron chi connectivity index (χ2n) is 5.42. The van der Waals surface area contributed by atoms with Crippen molar-refractivity contribution >= 4 is 0 Å². The highest BCUT2D eigenvalue weighted by Crippen LogP contribution is 2.27. The summed E-state index contributed by atoms with van der Waals surface area (Å²) in [6.07, 6.45) is 4.08. The third-order valence-electron chi connectivity index (χ3n) is 3.72. The molecule has 1 nitrogen and oxygen atoms in total. The maximum Gasteiger partial charge on any atom is 0.0294 e. The van der Waals surface area contributed by atoms with Gasteiger partial charge in [0, 0.05) is 12.1 Å². The summed E-state index contributed by atoms with van der Waals surface area (Å²) in [6, 6.07) is 10.0. The van der Waals surface area contributed by atoms with E-state index in [-0.39, 0.29) is 0 Å². The summed E-state index contributed by atoms with van der Waals surface area (Å²) < 4.78 is 0. The van der Waals surface area contributed by atoms with Gasteiger partial charge in [0.1, 0.15) is 0 Å². The Morgan fingerprint density at radius 2 is 2.12 bits per heavy atom. The van der Waals surface area contributed by atoms with Crippen molar-refractivity contribution in [1.29, 1.82) is 0 Å². The van der Waals surface area contributed by atoms with Crippen LogP contribution in [0.1, 0.15) is 50.3 Å². The van der Waals surface area contributed by atoms with Crippen molar-refractivity contribution in [2.45, 2.75) is 52.1 Å². The van der Waals surface area contributed by atoms with Gasteiger partial charge in [0.05, 0.1) is 0 Å². The molecular weight excluding hydrogens is 194 g/mol. The molecule has 0 spiro atoms. The van der Waals surface area contributed by atoms with Crippen molar-refractivity contribution in [2.24, 2.45) is 5.92 Å². The first-order valence-electron chi connectivity index (χ1n) is 6.48.